The first-order valence-electron chi connectivity index (χ1n) is 9.24. The number of nitrogen functional groups attached to an aromatic ring is 1. The summed E-state index contributed by atoms with van der Waals surface area (Å²) in [5, 5.41) is 13.9. The third-order valence-corrected chi connectivity index (χ3v) is 4.77. The van der Waals surface area contributed by atoms with Crippen LogP contribution in [0.4, 0.5) is 5.95 Å². The van der Waals surface area contributed by atoms with E-state index in [9.17, 15) is 5.11 Å². The number of aliphatic hydroxyl groups excluding tert-OH is 1. The van der Waals surface area contributed by atoms with E-state index in [1.807, 2.05) is 17.9 Å². The Balaban J connectivity index is 0.00000338. The highest BCUT2D eigenvalue weighted by atomic mass is 32.1. The Kier molecular flexibility index (Phi) is 9.65. The first-order valence-corrected chi connectivity index (χ1v) is 9.24. The summed E-state index contributed by atoms with van der Waals surface area (Å²) in [5.74, 6) is 0.765. The maximum absolute atomic E-state index is 9.35. The molecule has 146 valence electrons. The number of rotatable bonds is 10. The number of aromatic nitrogens is 4. The van der Waals surface area contributed by atoms with Crippen LogP contribution >= 0.6 is 13.5 Å². The van der Waals surface area contributed by atoms with Gasteiger partial charge in [-0.25, -0.2) is 9.97 Å². The van der Waals surface area contributed by atoms with E-state index in [1.54, 1.807) is 0 Å². The van der Waals surface area contributed by atoms with Gasteiger partial charge in [0.2, 0.25) is 5.95 Å². The van der Waals surface area contributed by atoms with Crippen molar-refractivity contribution in [1.29, 1.82) is 0 Å². The molecule has 6 nitrogen and oxygen atoms in total. The quantitative estimate of drug-likeness (QED) is 0.662. The molecule has 2 aromatic rings. The van der Waals surface area contributed by atoms with Gasteiger partial charge in [0.25, 0.3) is 0 Å². The molecule has 26 heavy (non-hydrogen) atoms. The van der Waals surface area contributed by atoms with Crippen LogP contribution in [0.15, 0.2) is 12.3 Å². The minimum atomic E-state index is 0. The van der Waals surface area contributed by atoms with Crippen LogP contribution < -0.4 is 5.73 Å². The predicted octanol–water partition coefficient (Wildman–Crippen LogP) is 2.73. The monoisotopic (exact) mass is 379 g/mol. The molecule has 0 spiro atoms. The fourth-order valence-electron chi connectivity index (χ4n) is 3.16. The van der Waals surface area contributed by atoms with Gasteiger partial charge in [0.1, 0.15) is 0 Å². The van der Waals surface area contributed by atoms with E-state index in [2.05, 4.69) is 35.0 Å². The molecule has 0 amide bonds. The summed E-state index contributed by atoms with van der Waals surface area (Å²) >= 11 is 0. The van der Waals surface area contributed by atoms with Gasteiger partial charge in [0.05, 0.1) is 5.69 Å². The number of aliphatic hydroxyl groups is 1. The van der Waals surface area contributed by atoms with Crippen LogP contribution in [0.5, 0.6) is 0 Å². The lowest BCUT2D eigenvalue weighted by Crippen LogP contribution is -2.13. The van der Waals surface area contributed by atoms with Gasteiger partial charge >= 0.3 is 0 Å². The largest absolute Gasteiger partial charge is 0.396 e. The summed E-state index contributed by atoms with van der Waals surface area (Å²) in [6, 6.07) is 2.12. The molecule has 0 aliphatic carbocycles. The topological polar surface area (TPSA) is 89.9 Å². The molecule has 0 aliphatic heterocycles. The van der Waals surface area contributed by atoms with Gasteiger partial charge in [0, 0.05) is 31.2 Å². The van der Waals surface area contributed by atoms with Gasteiger partial charge in [0.15, 0.2) is 0 Å². The van der Waals surface area contributed by atoms with Crippen LogP contribution in [0, 0.1) is 12.8 Å². The second-order valence-corrected chi connectivity index (χ2v) is 6.83. The number of nitrogens with zero attached hydrogens (tertiary/aromatic N) is 4. The van der Waals surface area contributed by atoms with E-state index < -0.39 is 0 Å². The molecule has 0 fully saturated rings. The van der Waals surface area contributed by atoms with E-state index in [0.717, 1.165) is 54.7 Å². The molecule has 0 saturated heterocycles. The third-order valence-electron chi connectivity index (χ3n) is 4.77. The normalized spacial score (nSPS) is 12.0. The Labute approximate surface area is 163 Å². The van der Waals surface area contributed by atoms with Crippen LogP contribution in [0.25, 0.3) is 0 Å². The molecule has 0 aromatic carbocycles. The van der Waals surface area contributed by atoms with E-state index in [-0.39, 0.29) is 20.1 Å². The molecule has 0 bridgehead atoms. The van der Waals surface area contributed by atoms with Gasteiger partial charge in [-0.2, -0.15) is 18.6 Å². The van der Waals surface area contributed by atoms with Gasteiger partial charge in [-0.15, -0.1) is 0 Å². The molecule has 0 aliphatic rings. The Morgan fingerprint density at radius 3 is 2.65 bits per heavy atom. The lowest BCUT2D eigenvalue weighted by molar-refractivity contribution is 0.248. The first kappa shape index (κ1) is 22.4. The van der Waals surface area contributed by atoms with E-state index in [1.165, 1.54) is 12.8 Å². The van der Waals surface area contributed by atoms with Crippen molar-refractivity contribution in [2.24, 2.45) is 13.0 Å². The minimum absolute atomic E-state index is 0. The standard InChI is InChI=1S/C19H31N5O.H2S/c1-4-5-6-15(9-10-25)12-18-16(13-21-19(20)22-18)7-8-17-11-14(2)24(3)23-17;/h11,13,15,25H,4-10,12H2,1-3H3,(H2,20,21,22);1H2/t15-;/m0./s1. The highest BCUT2D eigenvalue weighted by Gasteiger charge is 2.15. The average Bonchev–Trinajstić information content (AvgIpc) is 2.90. The number of hydrogen-bond donors (Lipinski definition) is 2. The summed E-state index contributed by atoms with van der Waals surface area (Å²) in [5.41, 5.74) is 10.2. The highest BCUT2D eigenvalue weighted by Crippen LogP contribution is 2.21. The van der Waals surface area contributed by atoms with E-state index in [0.29, 0.717) is 11.9 Å². The Morgan fingerprint density at radius 1 is 1.27 bits per heavy atom. The maximum Gasteiger partial charge on any atom is 0.220 e. The number of aryl methyl sites for hydroxylation is 4. The van der Waals surface area contributed by atoms with Gasteiger partial charge in [-0.3, -0.25) is 4.68 Å². The molecule has 2 aromatic heterocycles. The molecule has 2 heterocycles. The van der Waals surface area contributed by atoms with Crippen LogP contribution in [-0.4, -0.2) is 31.5 Å². The van der Waals surface area contributed by atoms with Crippen molar-refractivity contribution in [3.8, 4) is 0 Å². The highest BCUT2D eigenvalue weighted by molar-refractivity contribution is 7.59. The van der Waals surface area contributed by atoms with E-state index >= 15 is 0 Å². The smallest absolute Gasteiger partial charge is 0.220 e. The van der Waals surface area contributed by atoms with Gasteiger partial charge in [-0.05, 0) is 56.6 Å². The summed E-state index contributed by atoms with van der Waals surface area (Å²) in [4.78, 5) is 8.68. The van der Waals surface area contributed by atoms with Crippen LogP contribution in [0.3, 0.4) is 0 Å². The maximum atomic E-state index is 9.35. The van der Waals surface area contributed by atoms with Crippen molar-refractivity contribution in [3.63, 3.8) is 0 Å². The molecule has 3 N–H and O–H groups in total. The molecule has 7 heteroatoms. The fraction of sp³-hybridized carbons (Fsp3) is 0.632. The van der Waals surface area contributed by atoms with Crippen LogP contribution in [-0.2, 0) is 26.3 Å². The number of hydrogen-bond acceptors (Lipinski definition) is 5. The molecule has 1 atom stereocenters. The van der Waals surface area contributed by atoms with E-state index in [4.69, 9.17) is 5.73 Å². The molecular formula is C19H33N5OS. The minimum Gasteiger partial charge on any atom is -0.396 e. The zero-order valence-corrected chi connectivity index (χ0v) is 17.2. The van der Waals surface area contributed by atoms with Crippen LogP contribution in [0.2, 0.25) is 0 Å². The molecule has 0 saturated carbocycles. The number of unbranched alkanes of at least 4 members (excludes halogenated alkanes) is 1. The summed E-state index contributed by atoms with van der Waals surface area (Å²) in [6.07, 6.45) is 8.68. The molecule has 0 radical (unpaired) electrons. The van der Waals surface area contributed by atoms with Crippen molar-refractivity contribution in [1.82, 2.24) is 19.7 Å². The number of anilines is 1. The molecule has 2 rings (SSSR count). The van der Waals surface area contributed by atoms with Crippen molar-refractivity contribution in [2.45, 2.75) is 58.8 Å². The summed E-state index contributed by atoms with van der Waals surface area (Å²) < 4.78 is 1.90. The Hall–Kier alpha value is -1.60. The summed E-state index contributed by atoms with van der Waals surface area (Å²) in [7, 11) is 1.96. The summed E-state index contributed by atoms with van der Waals surface area (Å²) in [6.45, 7) is 4.47. The van der Waals surface area contributed by atoms with Crippen LogP contribution in [0.1, 0.15) is 55.3 Å². The average molecular weight is 380 g/mol. The van der Waals surface area contributed by atoms with Gasteiger partial charge < -0.3 is 10.8 Å². The zero-order valence-electron chi connectivity index (χ0n) is 16.2. The Morgan fingerprint density at radius 2 is 2.04 bits per heavy atom. The SMILES string of the molecule is CCCC[C@@H](CCO)Cc1nc(N)ncc1CCc1cc(C)n(C)n1.S. The third kappa shape index (κ3) is 6.61. The molecular weight excluding hydrogens is 346 g/mol. The second-order valence-electron chi connectivity index (χ2n) is 6.83. The van der Waals surface area contributed by atoms with Crippen molar-refractivity contribution in [2.75, 3.05) is 12.3 Å². The number of nitrogens with two attached hydrogens (primary N) is 1. The lowest BCUT2D eigenvalue weighted by Gasteiger charge is -2.17. The zero-order chi connectivity index (χ0) is 18.2. The van der Waals surface area contributed by atoms with Gasteiger partial charge in [-0.1, -0.05) is 19.8 Å². The first-order chi connectivity index (χ1) is 12.0. The van der Waals surface area contributed by atoms with Crippen molar-refractivity contribution < 1.29 is 5.11 Å². The fourth-order valence-corrected chi connectivity index (χ4v) is 3.16. The van der Waals surface area contributed by atoms with Crippen molar-refractivity contribution in [3.05, 3.63) is 34.9 Å². The lowest BCUT2D eigenvalue weighted by atomic mass is 9.91. The molecule has 0 unspecified atom stereocenters. The predicted molar refractivity (Wildman–Crippen MR) is 111 cm³/mol. The second kappa shape index (κ2) is 11.2. The Bertz CT molecular complexity index is 654. The van der Waals surface area contributed by atoms with Crippen molar-refractivity contribution >= 4 is 19.4 Å².